The summed E-state index contributed by atoms with van der Waals surface area (Å²) in [5, 5.41) is 0. The fraction of sp³-hybridized carbons (Fsp3) is 0.857. The Hall–Kier alpha value is -0.790. The third-order valence-electron chi connectivity index (χ3n) is 4.97. The van der Waals surface area contributed by atoms with E-state index in [4.69, 9.17) is 0 Å². The van der Waals surface area contributed by atoms with Crippen LogP contribution in [0.5, 0.6) is 0 Å². The van der Waals surface area contributed by atoms with Crippen molar-refractivity contribution < 1.29 is 4.57 Å². The molecule has 0 aliphatic heterocycles. The molecular weight excluding hydrogens is 280 g/mol. The molecule has 0 amide bonds. The first kappa shape index (κ1) is 20.3. The van der Waals surface area contributed by atoms with E-state index in [1.807, 2.05) is 0 Å². The Labute approximate surface area is 145 Å². The lowest BCUT2D eigenvalue weighted by atomic mass is 10.1. The fourth-order valence-electron chi connectivity index (χ4n) is 3.38. The van der Waals surface area contributed by atoms with Gasteiger partial charge in [-0.25, -0.2) is 9.13 Å². The largest absolute Gasteiger partial charge is 0.256 e. The predicted molar refractivity (Wildman–Crippen MR) is 101 cm³/mol. The fourth-order valence-corrected chi connectivity index (χ4v) is 3.38. The molecule has 0 aliphatic rings. The van der Waals surface area contributed by atoms with Crippen LogP contribution in [0.1, 0.15) is 103 Å². The third-order valence-corrected chi connectivity index (χ3v) is 4.97. The van der Waals surface area contributed by atoms with Crippen LogP contribution >= 0.6 is 0 Å². The van der Waals surface area contributed by atoms with Crippen molar-refractivity contribution in [2.75, 3.05) is 0 Å². The molecule has 0 unspecified atom stereocenters. The molecule has 0 fully saturated rings. The summed E-state index contributed by atoms with van der Waals surface area (Å²) in [4.78, 5) is 0. The maximum absolute atomic E-state index is 2.49. The Morgan fingerprint density at radius 2 is 1.26 bits per heavy atom. The second-order valence-electron chi connectivity index (χ2n) is 7.16. The summed E-state index contributed by atoms with van der Waals surface area (Å²) in [6, 6.07) is 0. The number of imidazole rings is 1. The highest BCUT2D eigenvalue weighted by Gasteiger charge is 2.13. The van der Waals surface area contributed by atoms with Crippen molar-refractivity contribution in [1.82, 2.24) is 4.57 Å². The molecule has 2 nitrogen and oxygen atoms in total. The van der Waals surface area contributed by atoms with Gasteiger partial charge < -0.3 is 0 Å². The van der Waals surface area contributed by atoms with Crippen LogP contribution < -0.4 is 4.57 Å². The smallest absolute Gasteiger partial charge is 0.237 e. The van der Waals surface area contributed by atoms with Gasteiger partial charge in [-0.2, -0.15) is 0 Å². The standard InChI is InChI=1S/C21H41N2/c1-4-6-8-10-11-12-13-15-17-21-22(3)19-20-23(21)18-16-14-9-7-5-2/h19-20H,4-18H2,1-3H3/q+1. The van der Waals surface area contributed by atoms with Crippen LogP contribution in [0.3, 0.4) is 0 Å². The second kappa shape index (κ2) is 13.6. The van der Waals surface area contributed by atoms with Crippen molar-refractivity contribution in [1.29, 1.82) is 0 Å². The molecule has 1 rings (SSSR count). The minimum absolute atomic E-state index is 1.21. The maximum atomic E-state index is 2.49. The number of hydrogen-bond acceptors (Lipinski definition) is 0. The van der Waals surface area contributed by atoms with E-state index in [1.54, 1.807) is 0 Å². The van der Waals surface area contributed by atoms with Crippen molar-refractivity contribution in [2.24, 2.45) is 7.05 Å². The van der Waals surface area contributed by atoms with Gasteiger partial charge >= 0.3 is 0 Å². The van der Waals surface area contributed by atoms with Crippen LogP contribution in [0.15, 0.2) is 12.4 Å². The van der Waals surface area contributed by atoms with Gasteiger partial charge in [0, 0.05) is 6.42 Å². The molecule has 2 heteroatoms. The van der Waals surface area contributed by atoms with Crippen LogP contribution in [0.25, 0.3) is 0 Å². The van der Waals surface area contributed by atoms with E-state index in [-0.39, 0.29) is 0 Å². The highest BCUT2D eigenvalue weighted by molar-refractivity contribution is 4.84. The molecule has 0 aliphatic carbocycles. The Morgan fingerprint density at radius 3 is 1.87 bits per heavy atom. The molecule has 0 radical (unpaired) electrons. The first-order valence-corrected chi connectivity index (χ1v) is 10.3. The number of nitrogens with zero attached hydrogens (tertiary/aromatic N) is 2. The average molecular weight is 322 g/mol. The van der Waals surface area contributed by atoms with E-state index in [0.717, 1.165) is 0 Å². The van der Waals surface area contributed by atoms with Crippen LogP contribution in [-0.4, -0.2) is 4.57 Å². The van der Waals surface area contributed by atoms with E-state index in [1.165, 1.54) is 102 Å². The number of rotatable bonds is 15. The van der Waals surface area contributed by atoms with Gasteiger partial charge in [0.25, 0.3) is 5.82 Å². The summed E-state index contributed by atoms with van der Waals surface area (Å²) in [5.41, 5.74) is 0. The molecule has 0 atom stereocenters. The van der Waals surface area contributed by atoms with E-state index in [0.29, 0.717) is 0 Å². The number of aromatic nitrogens is 2. The monoisotopic (exact) mass is 321 g/mol. The van der Waals surface area contributed by atoms with E-state index >= 15 is 0 Å². The molecule has 0 bridgehead atoms. The van der Waals surface area contributed by atoms with E-state index in [2.05, 4.69) is 42.4 Å². The first-order valence-electron chi connectivity index (χ1n) is 10.3. The lowest BCUT2D eigenvalue weighted by Crippen LogP contribution is -2.32. The average Bonchev–Trinajstić information content (AvgIpc) is 2.90. The Morgan fingerprint density at radius 1 is 0.739 bits per heavy atom. The van der Waals surface area contributed by atoms with Crippen LogP contribution in [0.2, 0.25) is 0 Å². The van der Waals surface area contributed by atoms with Gasteiger partial charge in [0.15, 0.2) is 0 Å². The van der Waals surface area contributed by atoms with Crippen molar-refractivity contribution in [3.8, 4) is 0 Å². The van der Waals surface area contributed by atoms with Crippen molar-refractivity contribution in [3.63, 3.8) is 0 Å². The number of aryl methyl sites for hydroxylation is 2. The van der Waals surface area contributed by atoms with Gasteiger partial charge in [-0.3, -0.25) is 0 Å². The van der Waals surface area contributed by atoms with E-state index < -0.39 is 0 Å². The molecule has 0 saturated heterocycles. The summed E-state index contributed by atoms with van der Waals surface area (Å²) >= 11 is 0. The molecule has 134 valence electrons. The molecule has 0 spiro atoms. The molecule has 1 aromatic heterocycles. The topological polar surface area (TPSA) is 8.81 Å². The highest BCUT2D eigenvalue weighted by atomic mass is 15.1. The zero-order valence-electron chi connectivity index (χ0n) is 16.2. The van der Waals surface area contributed by atoms with Gasteiger partial charge in [-0.15, -0.1) is 0 Å². The summed E-state index contributed by atoms with van der Waals surface area (Å²) in [6.45, 7) is 5.78. The van der Waals surface area contributed by atoms with Gasteiger partial charge in [0.05, 0.1) is 13.6 Å². The van der Waals surface area contributed by atoms with Crippen LogP contribution in [0, 0.1) is 0 Å². The zero-order chi connectivity index (χ0) is 16.8. The first-order chi connectivity index (χ1) is 11.3. The summed E-state index contributed by atoms with van der Waals surface area (Å²) in [6.07, 6.45) is 23.8. The lowest BCUT2D eigenvalue weighted by molar-refractivity contribution is -0.678. The molecule has 1 aromatic rings. The predicted octanol–water partition coefficient (Wildman–Crippen LogP) is 5.97. The van der Waals surface area contributed by atoms with Crippen LogP contribution in [-0.2, 0) is 20.0 Å². The maximum Gasteiger partial charge on any atom is 0.256 e. The molecule has 0 aromatic carbocycles. The quantitative estimate of drug-likeness (QED) is 0.278. The normalized spacial score (nSPS) is 11.3. The van der Waals surface area contributed by atoms with Gasteiger partial charge in [-0.05, 0) is 19.3 Å². The summed E-state index contributed by atoms with van der Waals surface area (Å²) < 4.78 is 4.82. The SMILES string of the molecule is CCCCCCCCCCc1n(CCCCCCC)cc[n+]1C. The third kappa shape index (κ3) is 9.17. The minimum atomic E-state index is 1.21. The second-order valence-corrected chi connectivity index (χ2v) is 7.16. The summed E-state index contributed by atoms with van der Waals surface area (Å²) in [7, 11) is 2.20. The van der Waals surface area contributed by atoms with Gasteiger partial charge in [-0.1, -0.05) is 78.1 Å². The Kier molecular flexibility index (Phi) is 12.0. The molecule has 0 N–H and O–H groups in total. The van der Waals surface area contributed by atoms with E-state index in [9.17, 15) is 0 Å². The Bertz CT molecular complexity index is 381. The molecule has 1 heterocycles. The number of hydrogen-bond donors (Lipinski definition) is 0. The Balaban J connectivity index is 2.16. The van der Waals surface area contributed by atoms with Crippen molar-refractivity contribution in [2.45, 2.75) is 110 Å². The van der Waals surface area contributed by atoms with Gasteiger partial charge in [0.1, 0.15) is 12.4 Å². The highest BCUT2D eigenvalue weighted by Crippen LogP contribution is 2.11. The van der Waals surface area contributed by atoms with Crippen molar-refractivity contribution >= 4 is 0 Å². The van der Waals surface area contributed by atoms with Gasteiger partial charge in [0.2, 0.25) is 0 Å². The zero-order valence-corrected chi connectivity index (χ0v) is 16.2. The van der Waals surface area contributed by atoms with Crippen LogP contribution in [0.4, 0.5) is 0 Å². The van der Waals surface area contributed by atoms with Crippen molar-refractivity contribution in [3.05, 3.63) is 18.2 Å². The lowest BCUT2D eigenvalue weighted by Gasteiger charge is -2.04. The molecule has 23 heavy (non-hydrogen) atoms. The molecular formula is C21H41N2+. The minimum Gasteiger partial charge on any atom is -0.237 e. The molecule has 0 saturated carbocycles. The number of unbranched alkanes of at least 4 members (excludes halogenated alkanes) is 11. The summed E-state index contributed by atoms with van der Waals surface area (Å²) in [5.74, 6) is 1.52.